The number of nitrogens with zero attached hydrogens (tertiary/aromatic N) is 1. The second-order valence-corrected chi connectivity index (χ2v) is 2.33. The van der Waals surface area contributed by atoms with E-state index in [1.54, 1.807) is 25.3 Å². The topological polar surface area (TPSA) is 42.2 Å². The van der Waals surface area contributed by atoms with E-state index in [1.807, 2.05) is 6.07 Å². The molecule has 0 bridgehead atoms. The van der Waals surface area contributed by atoms with Crippen LogP contribution in [0.15, 0.2) is 18.2 Å². The molecule has 0 fully saturated rings. The number of ether oxygens (including phenoxy) is 2. The van der Waals surface area contributed by atoms with Gasteiger partial charge in [-0.15, -0.1) is 0 Å². The van der Waals surface area contributed by atoms with Gasteiger partial charge in [-0.3, -0.25) is 0 Å². The fraction of sp³-hybridized carbons (Fsp3) is 0.200. The van der Waals surface area contributed by atoms with Gasteiger partial charge in [0.2, 0.25) is 0 Å². The number of hydrogen-bond donors (Lipinski definition) is 0. The fourth-order valence-corrected chi connectivity index (χ4v) is 0.969. The molecule has 0 atom stereocenters. The van der Waals surface area contributed by atoms with Gasteiger partial charge < -0.3 is 16.4 Å². The van der Waals surface area contributed by atoms with Gasteiger partial charge in [-0.25, -0.2) is 0 Å². The zero-order chi connectivity index (χ0) is 9.68. The third-order valence-electron chi connectivity index (χ3n) is 1.55. The molecule has 14 heavy (non-hydrogen) atoms. The van der Waals surface area contributed by atoms with Crippen molar-refractivity contribution in [2.24, 2.45) is 0 Å². The molecule has 0 amide bonds. The minimum Gasteiger partial charge on any atom is -0.522 e. The first kappa shape index (κ1) is 12.8. The van der Waals surface area contributed by atoms with Crippen LogP contribution in [-0.2, 0) is 16.8 Å². The number of benzene rings is 1. The first-order valence-corrected chi connectivity index (χ1v) is 3.82. The fourth-order valence-electron chi connectivity index (χ4n) is 0.969. The molecule has 0 spiro atoms. The molecule has 0 saturated heterocycles. The van der Waals surface area contributed by atoms with Crippen molar-refractivity contribution in [3.8, 4) is 17.6 Å². The molecule has 0 unspecified atom stereocenters. The van der Waals surface area contributed by atoms with Gasteiger partial charge in [0.15, 0.2) is 11.5 Å². The minimum atomic E-state index is 0. The van der Waals surface area contributed by atoms with Crippen LogP contribution in [0.1, 0.15) is 5.56 Å². The summed E-state index contributed by atoms with van der Waals surface area (Å²) in [4.78, 5) is 0. The summed E-state index contributed by atoms with van der Waals surface area (Å²) in [6, 6.07) is 7.02. The number of hydrogen-bond acceptors (Lipinski definition) is 3. The van der Waals surface area contributed by atoms with Crippen molar-refractivity contribution in [1.29, 1.82) is 5.26 Å². The van der Waals surface area contributed by atoms with Gasteiger partial charge in [-0.2, -0.15) is 5.26 Å². The van der Waals surface area contributed by atoms with Crippen LogP contribution in [0, 0.1) is 18.3 Å². The molecule has 1 aromatic carbocycles. The Hall–Kier alpha value is -1.18. The van der Waals surface area contributed by atoms with Crippen LogP contribution >= 0.6 is 0 Å². The molecule has 0 aliphatic carbocycles. The monoisotopic (exact) mass is 235 g/mol. The van der Waals surface area contributed by atoms with Crippen molar-refractivity contribution < 1.29 is 26.3 Å². The predicted molar refractivity (Wildman–Crippen MR) is 48.6 cm³/mol. The first-order chi connectivity index (χ1) is 6.31. The third kappa shape index (κ3) is 2.94. The van der Waals surface area contributed by atoms with Crippen molar-refractivity contribution in [2.75, 3.05) is 13.7 Å². The molecule has 1 radical (unpaired) electrons. The van der Waals surface area contributed by atoms with E-state index in [0.29, 0.717) is 23.7 Å². The summed E-state index contributed by atoms with van der Waals surface area (Å²) in [5.74, 6) is 1.17. The maximum atomic E-state index is 8.63. The number of rotatable bonds is 3. The first-order valence-electron chi connectivity index (χ1n) is 3.82. The Kier molecular flexibility index (Phi) is 5.77. The summed E-state index contributed by atoms with van der Waals surface area (Å²) in [5.41, 5.74) is 0.546. The van der Waals surface area contributed by atoms with E-state index in [2.05, 4.69) is 6.92 Å². The zero-order valence-electron chi connectivity index (χ0n) is 7.74. The molecule has 0 aliphatic heterocycles. The van der Waals surface area contributed by atoms with Crippen LogP contribution in [0.25, 0.3) is 0 Å². The van der Waals surface area contributed by atoms with Gasteiger partial charge in [0.25, 0.3) is 0 Å². The Morgan fingerprint density at radius 3 is 2.64 bits per heavy atom. The largest absolute Gasteiger partial charge is 0.522 e. The Bertz CT molecular complexity index is 333. The maximum absolute atomic E-state index is 8.63. The normalized spacial score (nSPS) is 8.36. The van der Waals surface area contributed by atoms with Crippen LogP contribution in [0.2, 0.25) is 0 Å². The molecule has 77 valence electrons. The molecule has 0 aromatic heterocycles. The van der Waals surface area contributed by atoms with E-state index >= 15 is 0 Å². The second-order valence-electron chi connectivity index (χ2n) is 2.33. The summed E-state index contributed by atoms with van der Waals surface area (Å²) >= 11 is 0. The van der Waals surface area contributed by atoms with Gasteiger partial charge in [0.1, 0.15) is 0 Å². The van der Waals surface area contributed by atoms with E-state index in [0.717, 1.165) is 0 Å². The van der Waals surface area contributed by atoms with E-state index in [4.69, 9.17) is 14.7 Å². The molecular weight excluding hydrogens is 225 g/mol. The molecular formula is C10H10CoNO2-. The minimum absolute atomic E-state index is 0. The molecule has 0 N–H and O–H groups in total. The Labute approximate surface area is 93.8 Å². The van der Waals surface area contributed by atoms with Gasteiger partial charge in [-0.1, -0.05) is 0 Å². The van der Waals surface area contributed by atoms with Gasteiger partial charge >= 0.3 is 0 Å². The van der Waals surface area contributed by atoms with Crippen molar-refractivity contribution in [1.82, 2.24) is 0 Å². The SMILES string of the molecule is [CH2-]COc1cc(C#N)ccc1OC.[Co]. The van der Waals surface area contributed by atoms with Gasteiger partial charge in [-0.05, 0) is 18.7 Å². The Balaban J connectivity index is 0.00000169. The Morgan fingerprint density at radius 2 is 2.14 bits per heavy atom. The molecule has 0 saturated carbocycles. The molecule has 4 heteroatoms. The maximum Gasteiger partial charge on any atom is 0.160 e. The molecule has 0 aliphatic rings. The number of methoxy groups -OCH3 is 1. The smallest absolute Gasteiger partial charge is 0.160 e. The van der Waals surface area contributed by atoms with E-state index < -0.39 is 0 Å². The molecule has 1 aromatic rings. The molecule has 3 nitrogen and oxygen atoms in total. The third-order valence-corrected chi connectivity index (χ3v) is 1.55. The van der Waals surface area contributed by atoms with Crippen molar-refractivity contribution in [3.63, 3.8) is 0 Å². The molecule has 0 heterocycles. The van der Waals surface area contributed by atoms with E-state index in [9.17, 15) is 0 Å². The van der Waals surface area contributed by atoms with E-state index in [-0.39, 0.29) is 16.8 Å². The average molecular weight is 235 g/mol. The van der Waals surface area contributed by atoms with Crippen molar-refractivity contribution >= 4 is 0 Å². The van der Waals surface area contributed by atoms with Gasteiger partial charge in [0, 0.05) is 22.8 Å². The standard InChI is InChI=1S/C10H10NO2.Co/c1-3-13-10-6-8(7-11)4-5-9(10)12-2;/h4-6H,1,3H2,2H3;/q-1;. The summed E-state index contributed by atoms with van der Waals surface area (Å²) < 4.78 is 10.2. The van der Waals surface area contributed by atoms with Crippen LogP contribution in [-0.4, -0.2) is 13.7 Å². The zero-order valence-corrected chi connectivity index (χ0v) is 8.78. The van der Waals surface area contributed by atoms with Crippen molar-refractivity contribution in [3.05, 3.63) is 30.7 Å². The van der Waals surface area contributed by atoms with Crippen LogP contribution in [0.5, 0.6) is 11.5 Å². The quantitative estimate of drug-likeness (QED) is 0.750. The summed E-state index contributed by atoms with van der Waals surface area (Å²) in [6.45, 7) is 3.86. The van der Waals surface area contributed by atoms with Crippen LogP contribution < -0.4 is 9.47 Å². The second kappa shape index (κ2) is 6.30. The van der Waals surface area contributed by atoms with Crippen molar-refractivity contribution in [2.45, 2.75) is 0 Å². The van der Waals surface area contributed by atoms with Gasteiger partial charge in [0.05, 0.1) is 18.7 Å². The summed E-state index contributed by atoms with van der Waals surface area (Å²) in [7, 11) is 1.55. The van der Waals surface area contributed by atoms with E-state index in [1.165, 1.54) is 0 Å². The average Bonchev–Trinajstić information content (AvgIpc) is 2.18. The van der Waals surface area contributed by atoms with Crippen LogP contribution in [0.3, 0.4) is 0 Å². The summed E-state index contributed by atoms with van der Waals surface area (Å²) in [6.07, 6.45) is 0. The number of nitriles is 1. The predicted octanol–water partition coefficient (Wildman–Crippen LogP) is 1.78. The summed E-state index contributed by atoms with van der Waals surface area (Å²) in [5, 5.41) is 8.63. The molecule has 1 rings (SSSR count). The Morgan fingerprint density at radius 1 is 1.43 bits per heavy atom. The van der Waals surface area contributed by atoms with Crippen LogP contribution in [0.4, 0.5) is 0 Å².